The van der Waals surface area contributed by atoms with Gasteiger partial charge in [-0.1, -0.05) is 74.5 Å². The molecule has 1 aromatic heterocycles. The number of pyridine rings is 1. The minimum Gasteiger partial charge on any atom is -0.352 e. The lowest BCUT2D eigenvalue weighted by Gasteiger charge is -2.15. The van der Waals surface area contributed by atoms with E-state index in [9.17, 15) is 4.79 Å². The smallest absolute Gasteiger partial charge is 0.252 e. The maximum absolute atomic E-state index is 13.1. The number of nitrogens with zero attached hydrogens (tertiary/aromatic N) is 1. The monoisotopic (exact) mass is 467 g/mol. The molecule has 35 heavy (non-hydrogen) atoms. The Kier molecular flexibility index (Phi) is 8.11. The molecule has 3 aromatic carbocycles. The number of anilines is 2. The van der Waals surface area contributed by atoms with Crippen LogP contribution in [0.1, 0.15) is 47.7 Å². The number of hydrogen-bond donors (Lipinski definition) is 3. The third kappa shape index (κ3) is 6.67. The van der Waals surface area contributed by atoms with Gasteiger partial charge < -0.3 is 15.5 Å². The Morgan fingerprint density at radius 1 is 0.943 bits per heavy atom. The van der Waals surface area contributed by atoms with Crippen molar-refractivity contribution in [3.63, 3.8) is 0 Å². The zero-order chi connectivity index (χ0) is 24.6. The summed E-state index contributed by atoms with van der Waals surface area (Å²) in [4.78, 5) is 19.3. The highest BCUT2D eigenvalue weighted by atomic mass is 16.1. The molecule has 4 aromatic rings. The minimum atomic E-state index is -0.0671. The number of rotatable bonds is 10. The van der Waals surface area contributed by atoms with Gasteiger partial charge in [-0.2, -0.15) is 0 Å². The summed E-state index contributed by atoms with van der Waals surface area (Å²) in [6, 6.07) is 28.5. The van der Waals surface area contributed by atoms with Gasteiger partial charge in [0.1, 0.15) is 12.4 Å². The Labute approximate surface area is 208 Å². The molecule has 3 N–H and O–H groups in total. The predicted molar refractivity (Wildman–Crippen MR) is 144 cm³/mol. The average Bonchev–Trinajstić information content (AvgIpc) is 2.87. The molecule has 180 valence electrons. The van der Waals surface area contributed by atoms with Gasteiger partial charge in [0, 0.05) is 29.6 Å². The van der Waals surface area contributed by atoms with Crippen LogP contribution in [-0.2, 0) is 6.54 Å². The zero-order valence-electron chi connectivity index (χ0n) is 20.8. The van der Waals surface area contributed by atoms with Crippen molar-refractivity contribution in [1.82, 2.24) is 10.3 Å². The fourth-order valence-electron chi connectivity index (χ4n) is 4.25. The topological polar surface area (TPSA) is 58.5 Å². The van der Waals surface area contributed by atoms with Crippen LogP contribution in [0.2, 0.25) is 0 Å². The van der Waals surface area contributed by atoms with E-state index >= 15 is 0 Å². The van der Waals surface area contributed by atoms with Gasteiger partial charge >= 0.3 is 0 Å². The van der Waals surface area contributed by atoms with E-state index in [1.165, 1.54) is 16.0 Å². The number of carbonyl (C=O) groups is 1. The third-order valence-electron chi connectivity index (χ3n) is 6.23. The Morgan fingerprint density at radius 2 is 1.66 bits per heavy atom. The molecule has 0 bridgehead atoms. The summed E-state index contributed by atoms with van der Waals surface area (Å²) in [7, 11) is 2.19. The normalized spacial score (nSPS) is 12.0. The standard InChI is InChI=1S/C30H34N4O/c1-22(2)24-14-16-25(17-15-24)32-29-20-27(26-12-7-8-13-28(26)33-29)30(35)31-18-9-19-34(3)21-23-10-5-4-6-11-23/h4-8,10-17,20,22H,9,18-19,21H2,1-3H3,(H,31,35)(H,32,33)/p+1. The summed E-state index contributed by atoms with van der Waals surface area (Å²) in [5.41, 5.74) is 5.01. The van der Waals surface area contributed by atoms with Crippen molar-refractivity contribution in [2.45, 2.75) is 32.7 Å². The van der Waals surface area contributed by atoms with Gasteiger partial charge in [-0.25, -0.2) is 4.98 Å². The first-order valence-corrected chi connectivity index (χ1v) is 12.4. The van der Waals surface area contributed by atoms with E-state index in [0.717, 1.165) is 36.1 Å². The molecular weight excluding hydrogens is 432 g/mol. The molecule has 1 amide bonds. The van der Waals surface area contributed by atoms with Crippen LogP contribution in [0.5, 0.6) is 0 Å². The Hall–Kier alpha value is -3.70. The van der Waals surface area contributed by atoms with Gasteiger partial charge in [0.15, 0.2) is 0 Å². The van der Waals surface area contributed by atoms with E-state index in [1.54, 1.807) is 0 Å². The number of fused-ring (bicyclic) bond motifs is 1. The molecule has 0 radical (unpaired) electrons. The first-order valence-electron chi connectivity index (χ1n) is 12.4. The Bertz CT molecular complexity index is 1250. The predicted octanol–water partition coefficient (Wildman–Crippen LogP) is 4.94. The molecule has 1 heterocycles. The fourth-order valence-corrected chi connectivity index (χ4v) is 4.25. The molecule has 5 nitrogen and oxygen atoms in total. The number of amides is 1. The number of nitrogens with one attached hydrogen (secondary N) is 3. The van der Waals surface area contributed by atoms with E-state index in [-0.39, 0.29) is 5.91 Å². The highest BCUT2D eigenvalue weighted by molar-refractivity contribution is 6.07. The van der Waals surface area contributed by atoms with Gasteiger partial charge in [0.05, 0.1) is 24.7 Å². The quantitative estimate of drug-likeness (QED) is 0.290. The molecule has 0 spiro atoms. The van der Waals surface area contributed by atoms with Gasteiger partial charge in [-0.15, -0.1) is 0 Å². The van der Waals surface area contributed by atoms with Crippen LogP contribution in [0.25, 0.3) is 10.9 Å². The Balaban J connectivity index is 1.40. The first kappa shape index (κ1) is 24.4. The van der Waals surface area contributed by atoms with E-state index in [1.807, 2.05) is 36.4 Å². The van der Waals surface area contributed by atoms with Crippen LogP contribution in [0, 0.1) is 0 Å². The molecule has 0 fully saturated rings. The molecule has 0 aliphatic heterocycles. The molecule has 0 saturated carbocycles. The number of para-hydroxylation sites is 1. The van der Waals surface area contributed by atoms with Crippen molar-refractivity contribution < 1.29 is 9.69 Å². The summed E-state index contributed by atoms with van der Waals surface area (Å²) in [5, 5.41) is 7.34. The second kappa shape index (κ2) is 11.6. The van der Waals surface area contributed by atoms with Crippen LogP contribution < -0.4 is 15.5 Å². The number of hydrogen-bond acceptors (Lipinski definition) is 3. The molecule has 5 heteroatoms. The summed E-state index contributed by atoms with van der Waals surface area (Å²) in [5.74, 6) is 1.08. The molecule has 0 aliphatic rings. The second-order valence-electron chi connectivity index (χ2n) is 9.45. The molecule has 0 aliphatic carbocycles. The maximum Gasteiger partial charge on any atom is 0.252 e. The van der Waals surface area contributed by atoms with Crippen LogP contribution >= 0.6 is 0 Å². The highest BCUT2D eigenvalue weighted by Crippen LogP contribution is 2.24. The van der Waals surface area contributed by atoms with Crippen molar-refractivity contribution in [2.75, 3.05) is 25.5 Å². The van der Waals surface area contributed by atoms with E-state index in [2.05, 4.69) is 80.1 Å². The first-order chi connectivity index (χ1) is 17.0. The molecule has 4 rings (SSSR count). The van der Waals surface area contributed by atoms with Crippen molar-refractivity contribution in [3.05, 3.63) is 102 Å². The fraction of sp³-hybridized carbons (Fsp3) is 0.267. The highest BCUT2D eigenvalue weighted by Gasteiger charge is 2.13. The molecule has 0 saturated heterocycles. The molecule has 1 atom stereocenters. The van der Waals surface area contributed by atoms with Crippen molar-refractivity contribution in [1.29, 1.82) is 0 Å². The van der Waals surface area contributed by atoms with Crippen LogP contribution in [-0.4, -0.2) is 31.0 Å². The van der Waals surface area contributed by atoms with E-state index in [0.29, 0.717) is 23.8 Å². The molecular formula is C30H35N4O+. The second-order valence-corrected chi connectivity index (χ2v) is 9.45. The largest absolute Gasteiger partial charge is 0.352 e. The Morgan fingerprint density at radius 3 is 2.40 bits per heavy atom. The third-order valence-corrected chi connectivity index (χ3v) is 6.23. The van der Waals surface area contributed by atoms with Crippen LogP contribution in [0.4, 0.5) is 11.5 Å². The van der Waals surface area contributed by atoms with Crippen molar-refractivity contribution >= 4 is 28.3 Å². The summed E-state index contributed by atoms with van der Waals surface area (Å²) >= 11 is 0. The lowest BCUT2D eigenvalue weighted by Crippen LogP contribution is -3.07. The van der Waals surface area contributed by atoms with E-state index < -0.39 is 0 Å². The number of quaternary nitrogens is 1. The number of benzene rings is 3. The van der Waals surface area contributed by atoms with Gasteiger partial charge in [0.25, 0.3) is 5.91 Å². The van der Waals surface area contributed by atoms with Crippen LogP contribution in [0.15, 0.2) is 84.9 Å². The van der Waals surface area contributed by atoms with Gasteiger partial charge in [0.2, 0.25) is 0 Å². The van der Waals surface area contributed by atoms with Gasteiger partial charge in [-0.3, -0.25) is 4.79 Å². The average molecular weight is 468 g/mol. The van der Waals surface area contributed by atoms with Crippen LogP contribution in [0.3, 0.4) is 0 Å². The van der Waals surface area contributed by atoms with Crippen molar-refractivity contribution in [2.24, 2.45) is 0 Å². The lowest BCUT2D eigenvalue weighted by atomic mass is 10.0. The maximum atomic E-state index is 13.1. The van der Waals surface area contributed by atoms with Gasteiger partial charge in [-0.05, 0) is 35.7 Å². The minimum absolute atomic E-state index is 0.0671. The summed E-state index contributed by atoms with van der Waals surface area (Å²) < 4.78 is 0. The molecule has 1 unspecified atom stereocenters. The summed E-state index contributed by atoms with van der Waals surface area (Å²) in [6.45, 7) is 6.98. The SMILES string of the molecule is CC(C)c1ccc(Nc2cc(C(=O)NCCC[NH+](C)Cc3ccccc3)c3ccccc3n2)cc1. The summed E-state index contributed by atoms with van der Waals surface area (Å²) in [6.07, 6.45) is 0.917. The van der Waals surface area contributed by atoms with E-state index in [4.69, 9.17) is 4.98 Å². The number of carbonyl (C=O) groups excluding carboxylic acids is 1. The number of aromatic nitrogens is 1. The lowest BCUT2D eigenvalue weighted by molar-refractivity contribution is -0.893. The van der Waals surface area contributed by atoms with Crippen molar-refractivity contribution in [3.8, 4) is 0 Å². The zero-order valence-corrected chi connectivity index (χ0v) is 20.8.